The number of nitrogens with zero attached hydrogens (tertiary/aromatic N) is 1. The van der Waals surface area contributed by atoms with E-state index in [4.69, 9.17) is 4.74 Å². The highest BCUT2D eigenvalue weighted by Crippen LogP contribution is 2.33. The molecule has 5 heteroatoms. The van der Waals surface area contributed by atoms with Crippen molar-refractivity contribution in [2.75, 3.05) is 12.4 Å². The molecule has 0 aliphatic heterocycles. The van der Waals surface area contributed by atoms with Gasteiger partial charge in [0, 0.05) is 17.5 Å². The van der Waals surface area contributed by atoms with Crippen molar-refractivity contribution < 1.29 is 9.53 Å². The summed E-state index contributed by atoms with van der Waals surface area (Å²) in [6.07, 6.45) is 1.97. The third-order valence-corrected chi connectivity index (χ3v) is 4.08. The van der Waals surface area contributed by atoms with Crippen LogP contribution < -0.4 is 10.1 Å². The van der Waals surface area contributed by atoms with Crippen LogP contribution in [0.15, 0.2) is 42.5 Å². The van der Waals surface area contributed by atoms with Gasteiger partial charge in [-0.3, -0.25) is 4.79 Å². The van der Waals surface area contributed by atoms with E-state index < -0.39 is 0 Å². The molecular weight excluding hydrogens is 290 g/mol. The molecule has 1 fully saturated rings. The first-order valence-corrected chi connectivity index (χ1v) is 7.68. The van der Waals surface area contributed by atoms with Gasteiger partial charge in [-0.05, 0) is 37.1 Å². The maximum atomic E-state index is 12.1. The first kappa shape index (κ1) is 13.8. The summed E-state index contributed by atoms with van der Waals surface area (Å²) in [4.78, 5) is 20.0. The normalized spacial score (nSPS) is 14.0. The van der Waals surface area contributed by atoms with Gasteiger partial charge in [-0.1, -0.05) is 12.1 Å². The molecule has 0 spiro atoms. The third-order valence-electron chi connectivity index (χ3n) is 4.08. The fourth-order valence-electron chi connectivity index (χ4n) is 2.62. The summed E-state index contributed by atoms with van der Waals surface area (Å²) >= 11 is 0. The summed E-state index contributed by atoms with van der Waals surface area (Å²) in [5.74, 6) is 1.78. The van der Waals surface area contributed by atoms with Crippen LogP contribution in [0, 0.1) is 5.92 Å². The van der Waals surface area contributed by atoms with Gasteiger partial charge in [-0.2, -0.15) is 0 Å². The number of benzene rings is 2. The Morgan fingerprint density at radius 3 is 2.87 bits per heavy atom. The van der Waals surface area contributed by atoms with Crippen molar-refractivity contribution >= 4 is 22.6 Å². The lowest BCUT2D eigenvalue weighted by atomic mass is 10.1. The SMILES string of the molecule is COc1ccc2nc(-c3ccccc3NC(=O)C3CC3)[nH]c2c1. The molecule has 116 valence electrons. The molecule has 0 unspecified atom stereocenters. The van der Waals surface area contributed by atoms with Gasteiger partial charge in [0.15, 0.2) is 0 Å². The quantitative estimate of drug-likeness (QED) is 0.774. The van der Waals surface area contributed by atoms with Crippen molar-refractivity contribution in [1.29, 1.82) is 0 Å². The molecular formula is C18H17N3O2. The lowest BCUT2D eigenvalue weighted by Gasteiger charge is -2.08. The fourth-order valence-corrected chi connectivity index (χ4v) is 2.62. The van der Waals surface area contributed by atoms with Gasteiger partial charge in [-0.25, -0.2) is 4.98 Å². The number of para-hydroxylation sites is 1. The smallest absolute Gasteiger partial charge is 0.227 e. The van der Waals surface area contributed by atoms with Crippen LogP contribution in [-0.2, 0) is 4.79 Å². The van der Waals surface area contributed by atoms with Crippen LogP contribution in [0.4, 0.5) is 5.69 Å². The van der Waals surface area contributed by atoms with E-state index in [0.717, 1.165) is 46.7 Å². The van der Waals surface area contributed by atoms with Crippen molar-refractivity contribution in [2.45, 2.75) is 12.8 Å². The third kappa shape index (κ3) is 2.65. The van der Waals surface area contributed by atoms with Crippen LogP contribution in [0.25, 0.3) is 22.4 Å². The summed E-state index contributed by atoms with van der Waals surface area (Å²) in [6, 6.07) is 13.4. The van der Waals surface area contributed by atoms with Gasteiger partial charge in [0.25, 0.3) is 0 Å². The minimum absolute atomic E-state index is 0.0928. The van der Waals surface area contributed by atoms with Gasteiger partial charge in [0.05, 0.1) is 23.8 Å². The molecule has 3 aromatic rings. The number of fused-ring (bicyclic) bond motifs is 1. The van der Waals surface area contributed by atoms with Crippen molar-refractivity contribution in [3.8, 4) is 17.1 Å². The highest BCUT2D eigenvalue weighted by atomic mass is 16.5. The number of methoxy groups -OCH3 is 1. The zero-order valence-electron chi connectivity index (χ0n) is 12.8. The Kier molecular flexibility index (Phi) is 3.26. The van der Waals surface area contributed by atoms with Gasteiger partial charge >= 0.3 is 0 Å². The Morgan fingerprint density at radius 1 is 1.26 bits per heavy atom. The number of ether oxygens (including phenoxy) is 1. The summed E-state index contributed by atoms with van der Waals surface area (Å²) in [5, 5.41) is 3.01. The number of aromatic nitrogens is 2. The Hall–Kier alpha value is -2.82. The fraction of sp³-hybridized carbons (Fsp3) is 0.222. The number of aromatic amines is 1. The number of nitrogens with one attached hydrogen (secondary N) is 2. The molecule has 1 aromatic heterocycles. The van der Waals surface area contributed by atoms with Crippen LogP contribution in [0.2, 0.25) is 0 Å². The molecule has 1 heterocycles. The summed E-state index contributed by atoms with van der Waals surface area (Å²) in [7, 11) is 1.64. The molecule has 4 rings (SSSR count). The molecule has 0 bridgehead atoms. The first-order valence-electron chi connectivity index (χ1n) is 7.68. The van der Waals surface area contributed by atoms with Gasteiger partial charge in [0.1, 0.15) is 11.6 Å². The second-order valence-electron chi connectivity index (χ2n) is 5.78. The first-order chi connectivity index (χ1) is 11.2. The van der Waals surface area contributed by atoms with E-state index in [0.29, 0.717) is 0 Å². The maximum absolute atomic E-state index is 12.1. The average Bonchev–Trinajstić information content (AvgIpc) is 3.34. The average molecular weight is 307 g/mol. The summed E-state index contributed by atoms with van der Waals surface area (Å²) in [6.45, 7) is 0. The Balaban J connectivity index is 1.73. The molecule has 1 amide bonds. The number of hydrogen-bond donors (Lipinski definition) is 2. The van der Waals surface area contributed by atoms with Crippen molar-refractivity contribution in [3.63, 3.8) is 0 Å². The summed E-state index contributed by atoms with van der Waals surface area (Å²) < 4.78 is 5.24. The molecule has 0 radical (unpaired) electrons. The van der Waals surface area contributed by atoms with Crippen molar-refractivity contribution in [2.24, 2.45) is 5.92 Å². The molecule has 23 heavy (non-hydrogen) atoms. The molecule has 2 aromatic carbocycles. The van der Waals surface area contributed by atoms with E-state index in [1.54, 1.807) is 7.11 Å². The number of carbonyl (C=O) groups excluding carboxylic acids is 1. The Bertz CT molecular complexity index is 881. The van der Waals surface area contributed by atoms with Crippen molar-refractivity contribution in [3.05, 3.63) is 42.5 Å². The zero-order chi connectivity index (χ0) is 15.8. The predicted molar refractivity (Wildman–Crippen MR) is 89.4 cm³/mol. The van der Waals surface area contributed by atoms with E-state index in [-0.39, 0.29) is 11.8 Å². The predicted octanol–water partition coefficient (Wildman–Crippen LogP) is 3.59. The highest BCUT2D eigenvalue weighted by Gasteiger charge is 2.30. The lowest BCUT2D eigenvalue weighted by molar-refractivity contribution is -0.117. The number of carbonyl (C=O) groups is 1. The standard InChI is InChI=1S/C18H17N3O2/c1-23-12-8-9-15-16(10-12)20-17(19-15)13-4-2-3-5-14(13)21-18(22)11-6-7-11/h2-5,8-11H,6-7H2,1H3,(H,19,20)(H,21,22). The second kappa shape index (κ2) is 5.43. The van der Waals surface area contributed by atoms with E-state index in [1.165, 1.54) is 0 Å². The van der Waals surface area contributed by atoms with Gasteiger partial charge in [0.2, 0.25) is 5.91 Å². The van der Waals surface area contributed by atoms with Crippen LogP contribution in [0.3, 0.4) is 0 Å². The number of rotatable bonds is 4. The van der Waals surface area contributed by atoms with Gasteiger partial charge < -0.3 is 15.0 Å². The highest BCUT2D eigenvalue weighted by molar-refractivity contribution is 5.97. The Morgan fingerprint density at radius 2 is 2.09 bits per heavy atom. The number of H-pyrrole nitrogens is 1. The van der Waals surface area contributed by atoms with E-state index in [9.17, 15) is 4.79 Å². The van der Waals surface area contributed by atoms with E-state index in [1.807, 2.05) is 42.5 Å². The minimum atomic E-state index is 0.0928. The largest absolute Gasteiger partial charge is 0.497 e. The zero-order valence-corrected chi connectivity index (χ0v) is 12.8. The second-order valence-corrected chi connectivity index (χ2v) is 5.78. The number of imidazole rings is 1. The lowest BCUT2D eigenvalue weighted by Crippen LogP contribution is -2.14. The molecule has 5 nitrogen and oxygen atoms in total. The molecule has 0 atom stereocenters. The monoisotopic (exact) mass is 307 g/mol. The molecule has 0 saturated heterocycles. The van der Waals surface area contributed by atoms with Crippen LogP contribution in [-0.4, -0.2) is 23.0 Å². The number of anilines is 1. The van der Waals surface area contributed by atoms with Gasteiger partial charge in [-0.15, -0.1) is 0 Å². The maximum Gasteiger partial charge on any atom is 0.227 e. The topological polar surface area (TPSA) is 67.0 Å². The number of hydrogen-bond acceptors (Lipinski definition) is 3. The van der Waals surface area contributed by atoms with Crippen LogP contribution >= 0.6 is 0 Å². The molecule has 1 aliphatic rings. The summed E-state index contributed by atoms with van der Waals surface area (Å²) in [5.41, 5.74) is 3.44. The van der Waals surface area contributed by atoms with E-state index in [2.05, 4.69) is 15.3 Å². The molecule has 2 N–H and O–H groups in total. The van der Waals surface area contributed by atoms with Crippen molar-refractivity contribution in [1.82, 2.24) is 9.97 Å². The van der Waals surface area contributed by atoms with Crippen LogP contribution in [0.1, 0.15) is 12.8 Å². The van der Waals surface area contributed by atoms with E-state index >= 15 is 0 Å². The molecule has 1 saturated carbocycles. The van der Waals surface area contributed by atoms with Crippen LogP contribution in [0.5, 0.6) is 5.75 Å². The number of amides is 1. The Labute approximate surface area is 133 Å². The minimum Gasteiger partial charge on any atom is -0.497 e. The molecule has 1 aliphatic carbocycles.